The molecular formula is C9H13F5. The van der Waals surface area contributed by atoms with E-state index >= 15 is 0 Å². The van der Waals surface area contributed by atoms with Gasteiger partial charge in [-0.3, -0.25) is 0 Å². The summed E-state index contributed by atoms with van der Waals surface area (Å²) in [5, 5.41) is 0. The van der Waals surface area contributed by atoms with Gasteiger partial charge in [-0.1, -0.05) is 26.2 Å². The molecule has 0 unspecified atom stereocenters. The first kappa shape index (κ1) is 13.4. The number of unbranched alkanes of at least 4 members (excludes halogenated alkanes) is 3. The molecule has 0 spiro atoms. The monoisotopic (exact) mass is 216 g/mol. The van der Waals surface area contributed by atoms with Crippen LogP contribution in [0, 0.1) is 0 Å². The van der Waals surface area contributed by atoms with Gasteiger partial charge in [0, 0.05) is 6.42 Å². The molecule has 0 aliphatic heterocycles. The molecule has 84 valence electrons. The van der Waals surface area contributed by atoms with Gasteiger partial charge in [0.05, 0.1) is 0 Å². The first-order valence-electron chi connectivity index (χ1n) is 4.51. The average Bonchev–Trinajstić information content (AvgIpc) is 2.11. The molecule has 0 radical (unpaired) electrons. The molecule has 0 nitrogen and oxygen atoms in total. The molecule has 0 aromatic rings. The van der Waals surface area contributed by atoms with E-state index in [1.165, 1.54) is 0 Å². The van der Waals surface area contributed by atoms with Crippen LogP contribution in [0.3, 0.4) is 0 Å². The van der Waals surface area contributed by atoms with E-state index in [-0.39, 0.29) is 6.42 Å². The van der Waals surface area contributed by atoms with Crippen molar-refractivity contribution in [3.63, 3.8) is 0 Å². The molecule has 0 aliphatic carbocycles. The third-order valence-electron chi connectivity index (χ3n) is 1.83. The second-order valence-electron chi connectivity index (χ2n) is 3.09. The molecule has 5 heteroatoms. The summed E-state index contributed by atoms with van der Waals surface area (Å²) in [7, 11) is 0. The highest BCUT2D eigenvalue weighted by atomic mass is 19.3. The van der Waals surface area contributed by atoms with Crippen LogP contribution in [0.5, 0.6) is 0 Å². The summed E-state index contributed by atoms with van der Waals surface area (Å²) in [5.41, 5.74) is 0. The minimum absolute atomic E-state index is 0.0571. The smallest absolute Gasteiger partial charge is 0.199 e. The predicted molar refractivity (Wildman–Crippen MR) is 44.1 cm³/mol. The second kappa shape index (κ2) is 5.98. The summed E-state index contributed by atoms with van der Waals surface area (Å²) in [4.78, 5) is 0. The van der Waals surface area contributed by atoms with Crippen LogP contribution in [-0.4, -0.2) is 5.92 Å². The SMILES string of the molecule is CCCCCCC(F)(F)C(F)=C(F)F. The van der Waals surface area contributed by atoms with Crippen LogP contribution in [0.25, 0.3) is 0 Å². The van der Waals surface area contributed by atoms with Gasteiger partial charge in [-0.25, -0.2) is 0 Å². The Balaban J connectivity index is 4.02. The second-order valence-corrected chi connectivity index (χ2v) is 3.09. The molecular weight excluding hydrogens is 203 g/mol. The molecule has 0 aromatic carbocycles. The summed E-state index contributed by atoms with van der Waals surface area (Å²) in [6.07, 6.45) is -1.61. The lowest BCUT2D eigenvalue weighted by molar-refractivity contribution is 0.0000974. The van der Waals surface area contributed by atoms with E-state index in [9.17, 15) is 22.0 Å². The Hall–Kier alpha value is -0.610. The average molecular weight is 216 g/mol. The molecule has 0 N–H and O–H groups in total. The zero-order valence-electron chi connectivity index (χ0n) is 7.93. The van der Waals surface area contributed by atoms with Crippen molar-refractivity contribution in [2.24, 2.45) is 0 Å². The molecule has 0 saturated carbocycles. The maximum absolute atomic E-state index is 12.6. The minimum atomic E-state index is -4.01. The largest absolute Gasteiger partial charge is 0.307 e. The molecule has 0 rings (SSSR count). The van der Waals surface area contributed by atoms with E-state index in [0.29, 0.717) is 6.42 Å². The van der Waals surface area contributed by atoms with Gasteiger partial charge < -0.3 is 0 Å². The van der Waals surface area contributed by atoms with E-state index in [2.05, 4.69) is 0 Å². The lowest BCUT2D eigenvalue weighted by Gasteiger charge is -2.12. The fourth-order valence-corrected chi connectivity index (χ4v) is 1.02. The number of halogens is 5. The fraction of sp³-hybridized carbons (Fsp3) is 0.778. The molecule has 0 aliphatic rings. The van der Waals surface area contributed by atoms with Gasteiger partial charge in [-0.2, -0.15) is 22.0 Å². The Kier molecular flexibility index (Phi) is 5.72. The normalized spacial score (nSPS) is 11.6. The van der Waals surface area contributed by atoms with Crippen molar-refractivity contribution in [1.82, 2.24) is 0 Å². The third kappa shape index (κ3) is 4.58. The summed E-state index contributed by atoms with van der Waals surface area (Å²) in [6, 6.07) is 0. The topological polar surface area (TPSA) is 0 Å². The Morgan fingerprint density at radius 2 is 1.57 bits per heavy atom. The number of rotatable bonds is 6. The lowest BCUT2D eigenvalue weighted by Crippen LogP contribution is -2.17. The molecule has 0 amide bonds. The highest BCUT2D eigenvalue weighted by Crippen LogP contribution is 2.33. The van der Waals surface area contributed by atoms with Crippen molar-refractivity contribution in [3.8, 4) is 0 Å². The first-order chi connectivity index (χ1) is 6.41. The van der Waals surface area contributed by atoms with Crippen LogP contribution in [0.15, 0.2) is 11.9 Å². The summed E-state index contributed by atoms with van der Waals surface area (Å²) in [5.74, 6) is -6.60. The number of allylic oxidation sites excluding steroid dienone is 1. The van der Waals surface area contributed by atoms with E-state index in [0.717, 1.165) is 12.8 Å². The zero-order chi connectivity index (χ0) is 11.2. The van der Waals surface area contributed by atoms with E-state index in [4.69, 9.17) is 0 Å². The van der Waals surface area contributed by atoms with Crippen molar-refractivity contribution in [1.29, 1.82) is 0 Å². The summed E-state index contributed by atoms with van der Waals surface area (Å²) < 4.78 is 60.4. The quantitative estimate of drug-likeness (QED) is 0.447. The molecule has 0 atom stereocenters. The first-order valence-corrected chi connectivity index (χ1v) is 4.51. The zero-order valence-corrected chi connectivity index (χ0v) is 7.93. The number of hydrogen-bond donors (Lipinski definition) is 0. The summed E-state index contributed by atoms with van der Waals surface area (Å²) in [6.45, 7) is 1.89. The highest BCUT2D eigenvalue weighted by Gasteiger charge is 2.37. The molecule has 0 bridgehead atoms. The van der Waals surface area contributed by atoms with Gasteiger partial charge in [0.2, 0.25) is 5.83 Å². The van der Waals surface area contributed by atoms with E-state index < -0.39 is 24.3 Å². The Morgan fingerprint density at radius 1 is 1.00 bits per heavy atom. The van der Waals surface area contributed by atoms with Crippen LogP contribution >= 0.6 is 0 Å². The van der Waals surface area contributed by atoms with Crippen LogP contribution in [0.1, 0.15) is 39.0 Å². The lowest BCUT2D eigenvalue weighted by atomic mass is 10.1. The van der Waals surface area contributed by atoms with Crippen molar-refractivity contribution in [2.75, 3.05) is 0 Å². The van der Waals surface area contributed by atoms with Crippen LogP contribution in [0.4, 0.5) is 22.0 Å². The maximum atomic E-state index is 12.6. The van der Waals surface area contributed by atoms with Gasteiger partial charge in [0.25, 0.3) is 0 Å². The summed E-state index contributed by atoms with van der Waals surface area (Å²) >= 11 is 0. The number of hydrogen-bond acceptors (Lipinski definition) is 0. The molecule has 0 fully saturated rings. The Morgan fingerprint density at radius 3 is 2.00 bits per heavy atom. The third-order valence-corrected chi connectivity index (χ3v) is 1.83. The van der Waals surface area contributed by atoms with Crippen molar-refractivity contribution in [3.05, 3.63) is 11.9 Å². The Labute approximate surface area is 79.8 Å². The minimum Gasteiger partial charge on any atom is -0.199 e. The molecule has 0 aromatic heterocycles. The van der Waals surface area contributed by atoms with Gasteiger partial charge >= 0.3 is 12.0 Å². The van der Waals surface area contributed by atoms with Crippen LogP contribution in [-0.2, 0) is 0 Å². The maximum Gasteiger partial charge on any atom is 0.307 e. The van der Waals surface area contributed by atoms with Crippen molar-refractivity contribution >= 4 is 0 Å². The number of alkyl halides is 2. The standard InChI is InChI=1S/C9H13F5/c1-2-3-4-5-6-9(13,14)7(10)8(11)12/h2-6H2,1H3. The molecule has 0 heterocycles. The van der Waals surface area contributed by atoms with Crippen LogP contribution < -0.4 is 0 Å². The molecule has 0 saturated heterocycles. The molecule has 14 heavy (non-hydrogen) atoms. The van der Waals surface area contributed by atoms with E-state index in [1.807, 2.05) is 6.92 Å². The van der Waals surface area contributed by atoms with Gasteiger partial charge in [-0.05, 0) is 6.42 Å². The van der Waals surface area contributed by atoms with E-state index in [1.54, 1.807) is 0 Å². The van der Waals surface area contributed by atoms with Crippen molar-refractivity contribution < 1.29 is 22.0 Å². The Bertz CT molecular complexity index is 193. The fourth-order valence-electron chi connectivity index (χ4n) is 1.02. The van der Waals surface area contributed by atoms with Crippen LogP contribution in [0.2, 0.25) is 0 Å². The van der Waals surface area contributed by atoms with Crippen molar-refractivity contribution in [2.45, 2.75) is 45.0 Å². The highest BCUT2D eigenvalue weighted by molar-refractivity contribution is 5.04. The van der Waals surface area contributed by atoms with Gasteiger partial charge in [0.1, 0.15) is 0 Å². The van der Waals surface area contributed by atoms with Gasteiger partial charge in [0.15, 0.2) is 0 Å². The van der Waals surface area contributed by atoms with Gasteiger partial charge in [-0.15, -0.1) is 0 Å². The predicted octanol–water partition coefficient (Wildman–Crippen LogP) is 4.67.